The normalized spacial score (nSPS) is 13.0. The Morgan fingerprint density at radius 1 is 0.886 bits per heavy atom. The molecule has 1 fully saturated rings. The van der Waals surface area contributed by atoms with E-state index < -0.39 is 24.4 Å². The van der Waals surface area contributed by atoms with Gasteiger partial charge >= 0.3 is 5.97 Å². The molecule has 0 aliphatic carbocycles. The van der Waals surface area contributed by atoms with Gasteiger partial charge in [-0.2, -0.15) is 0 Å². The van der Waals surface area contributed by atoms with E-state index in [1.807, 2.05) is 38.1 Å². The van der Waals surface area contributed by atoms with Crippen molar-refractivity contribution in [2.24, 2.45) is 0 Å². The molecule has 1 aliphatic heterocycles. The van der Waals surface area contributed by atoms with E-state index in [-0.39, 0.29) is 6.54 Å². The molecular formula is C26H33N3O6. The summed E-state index contributed by atoms with van der Waals surface area (Å²) < 4.78 is 16.0. The number of ether oxygens (including phenoxy) is 3. The van der Waals surface area contributed by atoms with Gasteiger partial charge in [0.1, 0.15) is 6.54 Å². The van der Waals surface area contributed by atoms with Crippen molar-refractivity contribution in [1.29, 1.82) is 0 Å². The zero-order chi connectivity index (χ0) is 25.0. The summed E-state index contributed by atoms with van der Waals surface area (Å²) in [5, 5.41) is 5.19. The van der Waals surface area contributed by atoms with Crippen LogP contribution in [0.3, 0.4) is 0 Å². The summed E-state index contributed by atoms with van der Waals surface area (Å²) in [5.41, 5.74) is 2.07. The number of amides is 2. The molecule has 0 atom stereocenters. The highest BCUT2D eigenvalue weighted by atomic mass is 16.5. The lowest BCUT2D eigenvalue weighted by atomic mass is 10.1. The van der Waals surface area contributed by atoms with Gasteiger partial charge in [0.15, 0.2) is 18.1 Å². The lowest BCUT2D eigenvalue weighted by Gasteiger charge is -2.28. The number of anilines is 2. The van der Waals surface area contributed by atoms with Crippen LogP contribution in [0.4, 0.5) is 11.4 Å². The summed E-state index contributed by atoms with van der Waals surface area (Å²) in [6.45, 7) is 5.85. The minimum atomic E-state index is -0.718. The van der Waals surface area contributed by atoms with Gasteiger partial charge < -0.3 is 29.7 Å². The van der Waals surface area contributed by atoms with Crippen LogP contribution in [-0.2, 0) is 14.3 Å². The monoisotopic (exact) mass is 483 g/mol. The third-order valence-corrected chi connectivity index (χ3v) is 5.44. The van der Waals surface area contributed by atoms with Crippen molar-refractivity contribution < 1.29 is 28.6 Å². The van der Waals surface area contributed by atoms with Gasteiger partial charge in [0.25, 0.3) is 11.8 Å². The molecule has 2 aromatic rings. The van der Waals surface area contributed by atoms with Crippen LogP contribution in [0.1, 0.15) is 43.5 Å². The van der Waals surface area contributed by atoms with Crippen molar-refractivity contribution >= 4 is 29.2 Å². The fourth-order valence-electron chi connectivity index (χ4n) is 3.75. The standard InChI is InChI=1S/C26H33N3O6/c1-3-33-22-13-8-19(16-23(22)34-4-2)26(32)27-17-25(31)35-18-24(30)28-20-9-11-21(12-10-20)29-14-6-5-7-15-29/h8-13,16H,3-7,14-15,17-18H2,1-2H3,(H,27,32)(H,28,30). The summed E-state index contributed by atoms with van der Waals surface area (Å²) >= 11 is 0. The summed E-state index contributed by atoms with van der Waals surface area (Å²) in [7, 11) is 0. The summed E-state index contributed by atoms with van der Waals surface area (Å²) in [5.74, 6) is -0.653. The lowest BCUT2D eigenvalue weighted by Crippen LogP contribution is -2.32. The van der Waals surface area contributed by atoms with E-state index in [4.69, 9.17) is 14.2 Å². The number of benzene rings is 2. The smallest absolute Gasteiger partial charge is 0.325 e. The van der Waals surface area contributed by atoms with Crippen LogP contribution in [0.15, 0.2) is 42.5 Å². The van der Waals surface area contributed by atoms with Crippen LogP contribution >= 0.6 is 0 Å². The molecular weight excluding hydrogens is 450 g/mol. The third kappa shape index (κ3) is 7.91. The van der Waals surface area contributed by atoms with Gasteiger partial charge in [0.2, 0.25) is 0 Å². The molecule has 2 N–H and O–H groups in total. The second kappa shape index (κ2) is 13.2. The topological polar surface area (TPSA) is 106 Å². The molecule has 0 aromatic heterocycles. The van der Waals surface area contributed by atoms with Gasteiger partial charge in [0.05, 0.1) is 13.2 Å². The van der Waals surface area contributed by atoms with Gasteiger partial charge in [-0.3, -0.25) is 14.4 Å². The maximum atomic E-state index is 12.4. The van der Waals surface area contributed by atoms with Crippen LogP contribution in [-0.4, -0.2) is 57.2 Å². The molecule has 0 radical (unpaired) electrons. The first-order valence-electron chi connectivity index (χ1n) is 12.0. The Balaban J connectivity index is 1.41. The van der Waals surface area contributed by atoms with E-state index in [0.29, 0.717) is 36.0 Å². The fraction of sp³-hybridized carbons (Fsp3) is 0.423. The van der Waals surface area contributed by atoms with Crippen LogP contribution in [0, 0.1) is 0 Å². The maximum Gasteiger partial charge on any atom is 0.325 e. The Bertz CT molecular complexity index is 1000. The molecule has 3 rings (SSSR count). The molecule has 0 bridgehead atoms. The van der Waals surface area contributed by atoms with E-state index in [9.17, 15) is 14.4 Å². The van der Waals surface area contributed by atoms with E-state index in [1.165, 1.54) is 19.3 Å². The number of nitrogens with one attached hydrogen (secondary N) is 2. The van der Waals surface area contributed by atoms with Gasteiger partial charge in [-0.05, 0) is 75.6 Å². The van der Waals surface area contributed by atoms with E-state index in [0.717, 1.165) is 18.8 Å². The summed E-state index contributed by atoms with van der Waals surface area (Å²) in [6.07, 6.45) is 3.65. The second-order valence-corrected chi connectivity index (χ2v) is 8.01. The average Bonchev–Trinajstić information content (AvgIpc) is 2.88. The Hall–Kier alpha value is -3.75. The predicted octanol–water partition coefficient (Wildman–Crippen LogP) is 3.39. The molecule has 2 amide bonds. The molecule has 1 saturated heterocycles. The Morgan fingerprint density at radius 3 is 2.26 bits per heavy atom. The number of carbonyl (C=O) groups excluding carboxylic acids is 3. The Morgan fingerprint density at radius 2 is 1.57 bits per heavy atom. The first-order chi connectivity index (χ1) is 17.0. The first-order valence-corrected chi connectivity index (χ1v) is 12.0. The molecule has 0 unspecified atom stereocenters. The van der Waals surface area contributed by atoms with Crippen LogP contribution in [0.5, 0.6) is 11.5 Å². The molecule has 1 heterocycles. The summed E-state index contributed by atoms with van der Waals surface area (Å²) in [6, 6.07) is 12.4. The second-order valence-electron chi connectivity index (χ2n) is 8.01. The zero-order valence-electron chi connectivity index (χ0n) is 20.3. The lowest BCUT2D eigenvalue weighted by molar-refractivity contribution is -0.146. The van der Waals surface area contributed by atoms with Crippen LogP contribution < -0.4 is 25.0 Å². The van der Waals surface area contributed by atoms with Gasteiger partial charge in [-0.1, -0.05) is 0 Å². The molecule has 0 saturated carbocycles. The van der Waals surface area contributed by atoms with Gasteiger partial charge in [-0.25, -0.2) is 0 Å². The quantitative estimate of drug-likeness (QED) is 0.472. The number of hydrogen-bond donors (Lipinski definition) is 2. The van der Waals surface area contributed by atoms with E-state index in [1.54, 1.807) is 18.2 Å². The molecule has 0 spiro atoms. The number of esters is 1. The highest BCUT2D eigenvalue weighted by molar-refractivity contribution is 5.97. The van der Waals surface area contributed by atoms with Crippen molar-refractivity contribution in [2.45, 2.75) is 33.1 Å². The SMILES string of the molecule is CCOc1ccc(C(=O)NCC(=O)OCC(=O)Nc2ccc(N3CCCCC3)cc2)cc1OCC. The van der Waals surface area contributed by atoms with Crippen molar-refractivity contribution in [3.8, 4) is 11.5 Å². The highest BCUT2D eigenvalue weighted by Gasteiger charge is 2.15. The summed E-state index contributed by atoms with van der Waals surface area (Å²) in [4.78, 5) is 38.9. The number of piperidine rings is 1. The molecule has 9 heteroatoms. The number of carbonyl (C=O) groups is 3. The van der Waals surface area contributed by atoms with Crippen molar-refractivity contribution in [3.05, 3.63) is 48.0 Å². The van der Waals surface area contributed by atoms with Crippen molar-refractivity contribution in [1.82, 2.24) is 5.32 Å². The Labute approximate surface area is 205 Å². The minimum absolute atomic E-state index is 0.315. The third-order valence-electron chi connectivity index (χ3n) is 5.44. The van der Waals surface area contributed by atoms with Crippen LogP contribution in [0.2, 0.25) is 0 Å². The molecule has 9 nitrogen and oxygen atoms in total. The van der Waals surface area contributed by atoms with Crippen molar-refractivity contribution in [2.75, 3.05) is 49.7 Å². The fourth-order valence-corrected chi connectivity index (χ4v) is 3.75. The number of hydrogen-bond acceptors (Lipinski definition) is 7. The average molecular weight is 484 g/mol. The van der Waals surface area contributed by atoms with Gasteiger partial charge in [-0.15, -0.1) is 0 Å². The van der Waals surface area contributed by atoms with E-state index >= 15 is 0 Å². The molecule has 35 heavy (non-hydrogen) atoms. The van der Waals surface area contributed by atoms with Gasteiger partial charge in [0, 0.05) is 30.0 Å². The first kappa shape index (κ1) is 25.9. The number of rotatable bonds is 11. The predicted molar refractivity (Wildman–Crippen MR) is 133 cm³/mol. The Kier molecular flexibility index (Phi) is 9.77. The number of nitrogens with zero attached hydrogens (tertiary/aromatic N) is 1. The molecule has 1 aliphatic rings. The maximum absolute atomic E-state index is 12.4. The zero-order valence-corrected chi connectivity index (χ0v) is 20.3. The molecule has 188 valence electrons. The van der Waals surface area contributed by atoms with Crippen molar-refractivity contribution in [3.63, 3.8) is 0 Å². The van der Waals surface area contributed by atoms with E-state index in [2.05, 4.69) is 15.5 Å². The van der Waals surface area contributed by atoms with Crippen LogP contribution in [0.25, 0.3) is 0 Å². The largest absolute Gasteiger partial charge is 0.490 e. The minimum Gasteiger partial charge on any atom is -0.490 e. The molecule has 2 aromatic carbocycles. The highest BCUT2D eigenvalue weighted by Crippen LogP contribution is 2.28.